The highest BCUT2D eigenvalue weighted by Gasteiger charge is 2.27. The Hall–Kier alpha value is -9.26. The second kappa shape index (κ2) is 15.6. The van der Waals surface area contributed by atoms with E-state index in [1.54, 1.807) is 0 Å². The maximum Gasteiger partial charge on any atom is 0.138 e. The summed E-state index contributed by atoms with van der Waals surface area (Å²) in [6.45, 7) is 13.2. The van der Waals surface area contributed by atoms with E-state index in [9.17, 15) is 0 Å². The molecule has 354 valence electrons. The summed E-state index contributed by atoms with van der Waals surface area (Å²) < 4.78 is 26.9. The lowest BCUT2D eigenvalue weighted by Gasteiger charge is -2.28. The molecule has 0 aliphatic heterocycles. The molecule has 0 spiro atoms. The molecule has 0 saturated heterocycles. The third kappa shape index (κ3) is 6.12. The number of furan rings is 4. The van der Waals surface area contributed by atoms with Gasteiger partial charge < -0.3 is 27.5 Å². The second-order valence-electron chi connectivity index (χ2n) is 20.3. The molecule has 0 bridgehead atoms. The van der Waals surface area contributed by atoms with E-state index in [4.69, 9.17) is 17.7 Å². The van der Waals surface area contributed by atoms with Crippen LogP contribution in [0.15, 0.2) is 200 Å². The zero-order valence-electron chi connectivity index (χ0n) is 41.8. The Morgan fingerprint density at radius 1 is 0.243 bits per heavy atom. The van der Waals surface area contributed by atoms with Gasteiger partial charge in [0, 0.05) is 88.7 Å². The molecule has 4 heterocycles. The zero-order valence-corrected chi connectivity index (χ0v) is 41.8. The number of aryl methyl sites for hydroxylation is 4. The molecule has 74 heavy (non-hydrogen) atoms. The van der Waals surface area contributed by atoms with Crippen molar-refractivity contribution in [3.05, 3.63) is 215 Å². The SMILES string of the molecule is Cc1cc(N(c2ccc3oc4ccccc4c3c2)c2cc3oc4ccc5oc6cc(N(c7cc(C)c(C)c(C)c7)c7ccc8oc9ccccc9c8c7)c7ccccc7c6c5c4c3c3ccccc23)cc(C)c1C. The number of benzene rings is 11. The molecule has 15 aromatic rings. The molecule has 11 aromatic carbocycles. The van der Waals surface area contributed by atoms with Crippen LogP contribution in [-0.4, -0.2) is 0 Å². The van der Waals surface area contributed by atoms with E-state index in [-0.39, 0.29) is 0 Å². The van der Waals surface area contributed by atoms with Crippen LogP contribution in [-0.2, 0) is 0 Å². The Balaban J connectivity index is 0.993. The van der Waals surface area contributed by atoms with Gasteiger partial charge in [-0.1, -0.05) is 84.9 Å². The van der Waals surface area contributed by atoms with Crippen LogP contribution in [0.1, 0.15) is 33.4 Å². The van der Waals surface area contributed by atoms with Crippen LogP contribution in [0.4, 0.5) is 34.1 Å². The molecule has 0 N–H and O–H groups in total. The quantitative estimate of drug-likeness (QED) is 0.165. The van der Waals surface area contributed by atoms with Crippen LogP contribution in [0.2, 0.25) is 0 Å². The third-order valence-corrected chi connectivity index (χ3v) is 16.1. The van der Waals surface area contributed by atoms with E-state index in [1.165, 1.54) is 33.4 Å². The van der Waals surface area contributed by atoms with Gasteiger partial charge in [0.2, 0.25) is 0 Å². The predicted octanol–water partition coefficient (Wildman–Crippen LogP) is 20.4. The molecule has 15 rings (SSSR count). The Bertz CT molecular complexity index is 4530. The summed E-state index contributed by atoms with van der Waals surface area (Å²) in [6, 6.07) is 65.1. The van der Waals surface area contributed by atoms with Crippen molar-refractivity contribution in [3.8, 4) is 0 Å². The summed E-state index contributed by atoms with van der Waals surface area (Å²) in [5.41, 5.74) is 20.4. The molecule has 0 aliphatic rings. The summed E-state index contributed by atoms with van der Waals surface area (Å²) in [7, 11) is 0. The van der Waals surface area contributed by atoms with Gasteiger partial charge in [0.15, 0.2) is 0 Å². The molecular weight excluding hydrogens is 909 g/mol. The highest BCUT2D eigenvalue weighted by molar-refractivity contribution is 6.35. The predicted molar refractivity (Wildman–Crippen MR) is 308 cm³/mol. The minimum Gasteiger partial charge on any atom is -0.456 e. The van der Waals surface area contributed by atoms with Crippen molar-refractivity contribution in [1.29, 1.82) is 0 Å². The lowest BCUT2D eigenvalue weighted by molar-refractivity contribution is 0.663. The van der Waals surface area contributed by atoms with Gasteiger partial charge in [-0.05, 0) is 171 Å². The van der Waals surface area contributed by atoms with Crippen LogP contribution in [0.3, 0.4) is 0 Å². The molecule has 0 unspecified atom stereocenters. The Morgan fingerprint density at radius 2 is 0.568 bits per heavy atom. The summed E-state index contributed by atoms with van der Waals surface area (Å²) in [5, 5.41) is 12.9. The normalized spacial score (nSPS) is 12.2. The van der Waals surface area contributed by atoms with E-state index in [0.29, 0.717) is 0 Å². The summed E-state index contributed by atoms with van der Waals surface area (Å²) >= 11 is 0. The summed E-state index contributed by atoms with van der Waals surface area (Å²) in [4.78, 5) is 4.78. The van der Waals surface area contributed by atoms with Crippen LogP contribution in [0.5, 0.6) is 0 Å². The van der Waals surface area contributed by atoms with E-state index in [1.807, 2.05) is 24.3 Å². The van der Waals surface area contributed by atoms with E-state index < -0.39 is 0 Å². The molecular formula is C68H48N2O4. The molecule has 6 nitrogen and oxygen atoms in total. The average Bonchev–Trinajstić information content (AvgIpc) is 4.19. The Kier molecular flexibility index (Phi) is 8.95. The lowest BCUT2D eigenvalue weighted by Crippen LogP contribution is -2.11. The molecule has 0 aliphatic carbocycles. The van der Waals surface area contributed by atoms with Gasteiger partial charge in [-0.2, -0.15) is 0 Å². The highest BCUT2D eigenvalue weighted by atomic mass is 16.3. The molecule has 0 radical (unpaired) electrons. The first kappa shape index (κ1) is 42.4. The summed E-state index contributed by atoms with van der Waals surface area (Å²) in [5.74, 6) is 0. The molecule has 6 heteroatoms. The van der Waals surface area contributed by atoms with Gasteiger partial charge in [0.1, 0.15) is 44.7 Å². The van der Waals surface area contributed by atoms with Crippen molar-refractivity contribution < 1.29 is 17.7 Å². The zero-order chi connectivity index (χ0) is 49.7. The monoisotopic (exact) mass is 956 g/mol. The topological polar surface area (TPSA) is 59.0 Å². The van der Waals surface area contributed by atoms with E-state index in [2.05, 4.69) is 209 Å². The second-order valence-corrected chi connectivity index (χ2v) is 20.3. The molecule has 0 atom stereocenters. The molecule has 0 fully saturated rings. The first-order valence-electron chi connectivity index (χ1n) is 25.4. The van der Waals surface area contributed by atoms with Crippen LogP contribution < -0.4 is 9.80 Å². The average molecular weight is 957 g/mol. The fraction of sp³-hybridized carbons (Fsp3) is 0.0882. The summed E-state index contributed by atoms with van der Waals surface area (Å²) in [6.07, 6.45) is 0. The number of rotatable bonds is 6. The number of nitrogens with zero attached hydrogens (tertiary/aromatic N) is 2. The van der Waals surface area contributed by atoms with Gasteiger partial charge in [-0.15, -0.1) is 0 Å². The smallest absolute Gasteiger partial charge is 0.138 e. The van der Waals surface area contributed by atoms with Crippen molar-refractivity contribution >= 4 is 143 Å². The number of para-hydroxylation sites is 2. The third-order valence-electron chi connectivity index (χ3n) is 16.1. The van der Waals surface area contributed by atoms with Crippen LogP contribution >= 0.6 is 0 Å². The Labute approximate surface area is 425 Å². The fourth-order valence-corrected chi connectivity index (χ4v) is 12.0. The van der Waals surface area contributed by atoms with Gasteiger partial charge in [0.05, 0.1) is 11.4 Å². The molecule has 4 aromatic heterocycles. The number of hydrogen-bond donors (Lipinski definition) is 0. The maximum atomic E-state index is 7.11. The number of hydrogen-bond acceptors (Lipinski definition) is 6. The van der Waals surface area contributed by atoms with Crippen molar-refractivity contribution in [2.75, 3.05) is 9.80 Å². The lowest BCUT2D eigenvalue weighted by atomic mass is 9.95. The van der Waals surface area contributed by atoms with E-state index in [0.717, 1.165) is 143 Å². The van der Waals surface area contributed by atoms with Crippen molar-refractivity contribution in [3.63, 3.8) is 0 Å². The standard InChI is InChI=1S/C68H48N2O4/c1-37-29-45(30-38(2)41(37)5)69(43-23-25-59-53(33-43)49-17-11-13-21-57(49)71-59)55-35-63-65(51-19-9-7-15-47(51)55)67-61(73-63)27-28-62-68(67)66-52-20-10-8-16-48(52)56(36-64(66)74-62)70(46-31-39(3)42(6)40(4)32-46)44-24-26-60-54(34-44)50-18-12-14-22-58(50)72-60/h7-36H,1-6H3. The van der Waals surface area contributed by atoms with Gasteiger partial charge in [0.25, 0.3) is 0 Å². The van der Waals surface area contributed by atoms with E-state index >= 15 is 0 Å². The van der Waals surface area contributed by atoms with Crippen LogP contribution in [0.25, 0.3) is 109 Å². The molecule has 0 saturated carbocycles. The molecule has 0 amide bonds. The van der Waals surface area contributed by atoms with Gasteiger partial charge >= 0.3 is 0 Å². The number of fused-ring (bicyclic) bond motifs is 17. The minimum atomic E-state index is 0.801. The first-order valence-corrected chi connectivity index (χ1v) is 25.4. The van der Waals surface area contributed by atoms with Crippen molar-refractivity contribution in [1.82, 2.24) is 0 Å². The van der Waals surface area contributed by atoms with Gasteiger partial charge in [-0.3, -0.25) is 0 Å². The van der Waals surface area contributed by atoms with Crippen molar-refractivity contribution in [2.24, 2.45) is 0 Å². The first-order chi connectivity index (χ1) is 36.1. The highest BCUT2D eigenvalue weighted by Crippen LogP contribution is 2.51. The van der Waals surface area contributed by atoms with Crippen LogP contribution in [0, 0.1) is 41.5 Å². The minimum absolute atomic E-state index is 0.801. The Morgan fingerprint density at radius 3 is 0.973 bits per heavy atom. The largest absolute Gasteiger partial charge is 0.456 e. The maximum absolute atomic E-state index is 7.11. The fourth-order valence-electron chi connectivity index (χ4n) is 12.0. The van der Waals surface area contributed by atoms with Gasteiger partial charge in [-0.25, -0.2) is 0 Å². The number of anilines is 6. The van der Waals surface area contributed by atoms with Crippen molar-refractivity contribution in [2.45, 2.75) is 41.5 Å².